The van der Waals surface area contributed by atoms with Crippen molar-refractivity contribution in [1.82, 2.24) is 9.48 Å². The molecule has 0 fully saturated rings. The summed E-state index contributed by atoms with van der Waals surface area (Å²) in [6, 6.07) is 16.3. The molecule has 0 radical (unpaired) electrons. The van der Waals surface area contributed by atoms with Gasteiger partial charge in [-0.1, -0.05) is 26.1 Å². The first-order chi connectivity index (χ1) is 19.6. The Balaban J connectivity index is 0.000000541. The molecule has 0 spiro atoms. The van der Waals surface area contributed by atoms with Gasteiger partial charge in [-0.3, -0.25) is 0 Å². The van der Waals surface area contributed by atoms with Crippen molar-refractivity contribution in [2.24, 2.45) is 0 Å². The molecule has 2 aliphatic heterocycles. The average Bonchev–Trinajstić information content (AvgIpc) is 3.37. The van der Waals surface area contributed by atoms with E-state index in [1.165, 1.54) is 58.9 Å². The molecule has 1 aromatic carbocycles. The van der Waals surface area contributed by atoms with Crippen molar-refractivity contribution in [1.29, 1.82) is 0 Å². The molecule has 3 nitrogen and oxygen atoms in total. The van der Waals surface area contributed by atoms with Gasteiger partial charge in [0, 0.05) is 75.5 Å². The topological polar surface area (TPSA) is 9.49 Å². The third-order valence-corrected chi connectivity index (χ3v) is 10.5. The summed E-state index contributed by atoms with van der Waals surface area (Å²) in [6.07, 6.45) is 1.17. The first kappa shape index (κ1) is 33.6. The Morgan fingerprint density at radius 3 is 2.16 bits per heavy atom. The first-order valence-electron chi connectivity index (χ1n) is 13.8. The fraction of sp³-hybridized carbons (Fsp3) is 0.400. The molecule has 236 valence electrons. The van der Waals surface area contributed by atoms with Crippen molar-refractivity contribution in [2.75, 3.05) is 45.7 Å². The number of benzene rings is 2. The third-order valence-electron chi connectivity index (χ3n) is 7.66. The van der Waals surface area contributed by atoms with Crippen LogP contribution in [0.25, 0.3) is 31.0 Å². The van der Waals surface area contributed by atoms with E-state index in [1.54, 1.807) is 0 Å². The van der Waals surface area contributed by atoms with Crippen LogP contribution in [0.4, 0.5) is 30.9 Å². The van der Waals surface area contributed by atoms with Gasteiger partial charge in [-0.2, -0.15) is 0 Å². The van der Waals surface area contributed by atoms with Crippen LogP contribution in [0.5, 0.6) is 0 Å². The molecule has 1 aliphatic carbocycles. The quantitative estimate of drug-likeness (QED) is 0.0699. The predicted octanol–water partition coefficient (Wildman–Crippen LogP) is 10.3. The molecule has 0 unspecified atom stereocenters. The summed E-state index contributed by atoms with van der Waals surface area (Å²) in [6.45, 7) is 12.1. The molecule has 3 heterocycles. The van der Waals surface area contributed by atoms with Crippen LogP contribution in [-0.4, -0.2) is 50.7 Å². The van der Waals surface area contributed by atoms with Gasteiger partial charge in [0.05, 0.1) is 4.88 Å². The van der Waals surface area contributed by atoms with Crippen molar-refractivity contribution >= 4 is 63.5 Å². The van der Waals surface area contributed by atoms with Crippen LogP contribution in [-0.2, 0) is 5.41 Å². The summed E-state index contributed by atoms with van der Waals surface area (Å²) >= 11 is 9.63. The summed E-state index contributed by atoms with van der Waals surface area (Å²) in [5, 5.41) is 2.59. The molecular formula is C30H36F6N3PS3. The zero-order valence-electron chi connectivity index (χ0n) is 25.2. The van der Waals surface area contributed by atoms with E-state index in [1.807, 2.05) is 22.7 Å². The number of thiophene rings is 1. The van der Waals surface area contributed by atoms with Crippen molar-refractivity contribution in [3.05, 3.63) is 58.3 Å². The molecule has 0 amide bonds. The fourth-order valence-electron chi connectivity index (χ4n) is 5.27. The number of anilines is 1. The summed E-state index contributed by atoms with van der Waals surface area (Å²) in [5.74, 6) is 0. The van der Waals surface area contributed by atoms with Crippen LogP contribution in [0, 0.1) is 0 Å². The molecule has 0 bridgehead atoms. The average molecular weight is 680 g/mol. The Bertz CT molecular complexity index is 1720. The van der Waals surface area contributed by atoms with Gasteiger partial charge in [0.25, 0.3) is 0 Å². The SMILES string of the molecule is CCN(CC)C(=S)c1ccc(-c2c3ccc(=[N+](C)C)cc-3sc3cc4c(cc23)C(C)(C)CCN4C)s1.F[P-](F)(F)(F)(F)F. The Morgan fingerprint density at radius 1 is 0.953 bits per heavy atom. The van der Waals surface area contributed by atoms with Gasteiger partial charge in [0.15, 0.2) is 0 Å². The van der Waals surface area contributed by atoms with Gasteiger partial charge in [0.1, 0.15) is 19.1 Å². The zero-order chi connectivity index (χ0) is 32.2. The number of hydrogen-bond acceptors (Lipinski definition) is 4. The van der Waals surface area contributed by atoms with Gasteiger partial charge < -0.3 is 9.80 Å². The zero-order valence-corrected chi connectivity index (χ0v) is 28.5. The van der Waals surface area contributed by atoms with Crippen LogP contribution in [0.2, 0.25) is 0 Å². The van der Waals surface area contributed by atoms with Gasteiger partial charge in [-0.05, 0) is 61.6 Å². The van der Waals surface area contributed by atoms with Crippen molar-refractivity contribution in [2.45, 2.75) is 39.5 Å². The van der Waals surface area contributed by atoms with Crippen LogP contribution in [0.1, 0.15) is 44.6 Å². The summed E-state index contributed by atoms with van der Waals surface area (Å²) in [4.78, 5) is 9.45. The van der Waals surface area contributed by atoms with Gasteiger partial charge in [-0.15, -0.1) is 22.7 Å². The summed E-state index contributed by atoms with van der Waals surface area (Å²) in [7, 11) is -4.20. The van der Waals surface area contributed by atoms with E-state index in [9.17, 15) is 25.2 Å². The minimum absolute atomic E-state index is 0.159. The standard InChI is InChI=1S/C30H36N3S3.F6P/c1-8-33(9-2)29(34)25-13-12-24(35-25)28-20-11-10-19(31(5)6)16-26(20)36-27-18-23-22(17-21(27)28)30(3,4)14-15-32(23)7;1-7(2,3,4,5)6/h10-13,16-18H,8-9,14-15H2,1-7H3;/q+1;-1. The Morgan fingerprint density at radius 2 is 1.58 bits per heavy atom. The van der Waals surface area contributed by atoms with E-state index < -0.39 is 7.81 Å². The molecule has 2 aromatic rings. The maximum atomic E-state index is 9.87. The second kappa shape index (κ2) is 11.0. The second-order valence-corrected chi connectivity index (χ2v) is 16.0. The molecular weight excluding hydrogens is 644 g/mol. The van der Waals surface area contributed by atoms with E-state index in [0.717, 1.165) is 24.6 Å². The molecule has 5 rings (SSSR count). The van der Waals surface area contributed by atoms with E-state index >= 15 is 0 Å². The summed E-state index contributed by atoms with van der Waals surface area (Å²) < 4.78 is 62.7. The van der Waals surface area contributed by atoms with Gasteiger partial charge in [-0.25, -0.2) is 4.58 Å². The number of nitrogens with zero attached hydrogens (tertiary/aromatic N) is 3. The molecule has 0 N–H and O–H groups in total. The number of fused-ring (bicyclic) bond motifs is 3. The molecule has 0 saturated heterocycles. The molecule has 0 atom stereocenters. The minimum atomic E-state index is -10.7. The van der Waals surface area contributed by atoms with E-state index in [0.29, 0.717) is 0 Å². The van der Waals surface area contributed by atoms with E-state index in [-0.39, 0.29) is 5.41 Å². The van der Waals surface area contributed by atoms with Crippen molar-refractivity contribution in [3.8, 4) is 20.9 Å². The van der Waals surface area contributed by atoms with Crippen LogP contribution >= 0.6 is 42.7 Å². The number of thiocarbonyl (C=S) groups is 1. The van der Waals surface area contributed by atoms with Crippen LogP contribution in [0.15, 0.2) is 42.5 Å². The van der Waals surface area contributed by atoms with E-state index in [2.05, 4.69) is 106 Å². The number of hydrogen-bond donors (Lipinski definition) is 0. The fourth-order valence-corrected chi connectivity index (χ4v) is 7.91. The van der Waals surface area contributed by atoms with Crippen LogP contribution in [0.3, 0.4) is 0 Å². The van der Waals surface area contributed by atoms with Crippen molar-refractivity contribution < 1.29 is 25.2 Å². The van der Waals surface area contributed by atoms with Crippen LogP contribution < -0.4 is 14.8 Å². The monoisotopic (exact) mass is 679 g/mol. The number of rotatable bonds is 4. The van der Waals surface area contributed by atoms with Gasteiger partial charge in [0.2, 0.25) is 5.36 Å². The second-order valence-electron chi connectivity index (χ2n) is 11.6. The molecule has 0 saturated carbocycles. The molecule has 43 heavy (non-hydrogen) atoms. The summed E-state index contributed by atoms with van der Waals surface area (Å²) in [5.41, 5.74) is 5.65. The number of halogens is 6. The Hall–Kier alpha value is -2.27. The van der Waals surface area contributed by atoms with E-state index in [4.69, 9.17) is 12.2 Å². The first-order valence-corrected chi connectivity index (χ1v) is 17.9. The normalized spacial score (nSPS) is 16.2. The molecule has 1 aromatic heterocycles. The van der Waals surface area contributed by atoms with Gasteiger partial charge >= 0.3 is 33.0 Å². The Kier molecular flexibility index (Phi) is 8.57. The maximum absolute atomic E-state index is 10.7. The van der Waals surface area contributed by atoms with Crippen molar-refractivity contribution in [3.63, 3.8) is 0 Å². The molecule has 3 aliphatic rings. The Labute approximate surface area is 261 Å². The molecule has 13 heteroatoms. The predicted molar refractivity (Wildman–Crippen MR) is 178 cm³/mol. The third kappa shape index (κ3) is 8.07.